The van der Waals surface area contributed by atoms with Gasteiger partial charge in [0.2, 0.25) is 10.0 Å². The second-order valence-corrected chi connectivity index (χ2v) is 6.91. The lowest BCUT2D eigenvalue weighted by molar-refractivity contribution is 0.302. The number of hydrogen-bond acceptors (Lipinski definition) is 4. The van der Waals surface area contributed by atoms with Crippen molar-refractivity contribution in [3.05, 3.63) is 23.5 Å². The summed E-state index contributed by atoms with van der Waals surface area (Å²) >= 11 is 5.66. The molecule has 18 heavy (non-hydrogen) atoms. The topological polar surface area (TPSA) is 53.5 Å². The number of sulfonamides is 1. The van der Waals surface area contributed by atoms with E-state index in [1.807, 2.05) is 14.1 Å². The van der Waals surface area contributed by atoms with Gasteiger partial charge in [0.15, 0.2) is 0 Å². The summed E-state index contributed by atoms with van der Waals surface area (Å²) in [6.07, 6.45) is 2.16. The molecule has 1 fully saturated rings. The van der Waals surface area contributed by atoms with Gasteiger partial charge in [-0.05, 0) is 32.6 Å². The van der Waals surface area contributed by atoms with E-state index in [1.54, 1.807) is 0 Å². The van der Waals surface area contributed by atoms with Gasteiger partial charge in [0.25, 0.3) is 0 Å². The summed E-state index contributed by atoms with van der Waals surface area (Å²) in [7, 11) is 0.489. The zero-order chi connectivity index (χ0) is 13.3. The third-order valence-electron chi connectivity index (χ3n) is 3.19. The van der Waals surface area contributed by atoms with Crippen LogP contribution in [-0.2, 0) is 10.0 Å². The SMILES string of the molecule is CN(C)C1CCN(S(=O)(=O)c2ccc(Cl)nc2)C1. The van der Waals surface area contributed by atoms with Crippen LogP contribution in [-0.4, -0.2) is 55.8 Å². The molecule has 5 nitrogen and oxygen atoms in total. The van der Waals surface area contributed by atoms with E-state index in [2.05, 4.69) is 9.88 Å². The fourth-order valence-electron chi connectivity index (χ4n) is 2.01. The minimum atomic E-state index is -3.44. The third kappa shape index (κ3) is 2.66. The number of hydrogen-bond donors (Lipinski definition) is 0. The number of rotatable bonds is 3. The van der Waals surface area contributed by atoms with Crippen molar-refractivity contribution in [3.63, 3.8) is 0 Å². The summed E-state index contributed by atoms with van der Waals surface area (Å²) in [5, 5.41) is 0.293. The lowest BCUT2D eigenvalue weighted by Gasteiger charge is -2.20. The molecule has 0 aliphatic carbocycles. The Labute approximate surface area is 112 Å². The predicted octanol–water partition coefficient (Wildman–Crippen LogP) is 1.06. The van der Waals surface area contributed by atoms with Crippen molar-refractivity contribution < 1.29 is 8.42 Å². The molecule has 2 heterocycles. The molecule has 0 aromatic carbocycles. The van der Waals surface area contributed by atoms with Gasteiger partial charge in [-0.25, -0.2) is 13.4 Å². The van der Waals surface area contributed by atoms with Crippen LogP contribution in [0.2, 0.25) is 5.15 Å². The molecule has 1 aromatic heterocycles. The van der Waals surface area contributed by atoms with Crippen molar-refractivity contribution in [2.45, 2.75) is 17.4 Å². The highest BCUT2D eigenvalue weighted by molar-refractivity contribution is 7.89. The second kappa shape index (κ2) is 5.13. The van der Waals surface area contributed by atoms with Crippen LogP contribution in [0.3, 0.4) is 0 Å². The summed E-state index contributed by atoms with van der Waals surface area (Å²) in [4.78, 5) is 6.07. The first-order valence-electron chi connectivity index (χ1n) is 5.69. The molecule has 1 aromatic rings. The van der Waals surface area contributed by atoms with E-state index >= 15 is 0 Å². The Bertz CT molecular complexity index is 516. The summed E-state index contributed by atoms with van der Waals surface area (Å²) in [5.74, 6) is 0. The average Bonchev–Trinajstić information content (AvgIpc) is 2.79. The smallest absolute Gasteiger partial charge is 0.244 e. The first-order valence-corrected chi connectivity index (χ1v) is 7.51. The van der Waals surface area contributed by atoms with E-state index in [4.69, 9.17) is 11.6 Å². The van der Waals surface area contributed by atoms with E-state index in [0.29, 0.717) is 18.2 Å². The summed E-state index contributed by atoms with van der Waals surface area (Å²) in [6, 6.07) is 3.27. The number of aromatic nitrogens is 1. The fraction of sp³-hybridized carbons (Fsp3) is 0.545. The first kappa shape index (κ1) is 13.7. The summed E-state index contributed by atoms with van der Waals surface area (Å²) < 4.78 is 26.2. The predicted molar refractivity (Wildman–Crippen MR) is 70.1 cm³/mol. The Hall–Kier alpha value is -0.690. The van der Waals surface area contributed by atoms with Gasteiger partial charge < -0.3 is 4.90 Å². The molecule has 2 rings (SSSR count). The van der Waals surface area contributed by atoms with E-state index in [-0.39, 0.29) is 10.9 Å². The fourth-order valence-corrected chi connectivity index (χ4v) is 3.56. The Balaban J connectivity index is 2.20. The molecule has 0 amide bonds. The molecule has 1 aliphatic heterocycles. The van der Waals surface area contributed by atoms with Gasteiger partial charge in [-0.3, -0.25) is 0 Å². The zero-order valence-electron chi connectivity index (χ0n) is 10.4. The van der Waals surface area contributed by atoms with Gasteiger partial charge >= 0.3 is 0 Å². The van der Waals surface area contributed by atoms with Crippen LogP contribution in [0.5, 0.6) is 0 Å². The minimum Gasteiger partial charge on any atom is -0.305 e. The highest BCUT2D eigenvalue weighted by atomic mass is 35.5. The van der Waals surface area contributed by atoms with Gasteiger partial charge in [-0.15, -0.1) is 0 Å². The number of halogens is 1. The van der Waals surface area contributed by atoms with Crippen molar-refractivity contribution >= 4 is 21.6 Å². The van der Waals surface area contributed by atoms with Gasteiger partial charge in [0, 0.05) is 25.3 Å². The molecule has 0 saturated carbocycles. The van der Waals surface area contributed by atoms with Gasteiger partial charge in [0.1, 0.15) is 10.0 Å². The minimum absolute atomic E-state index is 0.200. The summed E-state index contributed by atoms with van der Waals surface area (Å²) in [5.41, 5.74) is 0. The average molecular weight is 290 g/mol. The van der Waals surface area contributed by atoms with Crippen LogP contribution in [0.15, 0.2) is 23.2 Å². The monoisotopic (exact) mass is 289 g/mol. The molecule has 0 spiro atoms. The van der Waals surface area contributed by atoms with Gasteiger partial charge in [-0.2, -0.15) is 4.31 Å². The molecule has 1 unspecified atom stereocenters. The molecule has 0 bridgehead atoms. The summed E-state index contributed by atoms with van der Waals surface area (Å²) in [6.45, 7) is 1.08. The third-order valence-corrected chi connectivity index (χ3v) is 5.27. The van der Waals surface area contributed by atoms with Crippen LogP contribution in [0.1, 0.15) is 6.42 Å². The normalized spacial score (nSPS) is 21.7. The quantitative estimate of drug-likeness (QED) is 0.781. The van der Waals surface area contributed by atoms with Crippen LogP contribution in [0.25, 0.3) is 0 Å². The second-order valence-electron chi connectivity index (χ2n) is 4.59. The van der Waals surface area contributed by atoms with Crippen molar-refractivity contribution in [1.29, 1.82) is 0 Å². The van der Waals surface area contributed by atoms with Crippen LogP contribution >= 0.6 is 11.6 Å². The molecule has 7 heteroatoms. The van der Waals surface area contributed by atoms with Gasteiger partial charge in [0.05, 0.1) is 0 Å². The molecule has 0 N–H and O–H groups in total. The van der Waals surface area contributed by atoms with Crippen molar-refractivity contribution in [1.82, 2.24) is 14.2 Å². The Morgan fingerprint density at radius 1 is 1.44 bits per heavy atom. The lowest BCUT2D eigenvalue weighted by atomic mass is 10.2. The van der Waals surface area contributed by atoms with Crippen molar-refractivity contribution in [3.8, 4) is 0 Å². The van der Waals surface area contributed by atoms with Gasteiger partial charge in [-0.1, -0.05) is 11.6 Å². The maximum Gasteiger partial charge on any atom is 0.244 e. The van der Waals surface area contributed by atoms with E-state index in [1.165, 1.54) is 22.6 Å². The standard InChI is InChI=1S/C11H16ClN3O2S/c1-14(2)9-5-6-15(8-9)18(16,17)10-3-4-11(12)13-7-10/h3-4,7,9H,5-6,8H2,1-2H3. The number of pyridine rings is 1. The van der Waals surface area contributed by atoms with E-state index in [9.17, 15) is 8.42 Å². The van der Waals surface area contributed by atoms with E-state index < -0.39 is 10.0 Å². The Morgan fingerprint density at radius 2 is 2.17 bits per heavy atom. The number of nitrogens with zero attached hydrogens (tertiary/aromatic N) is 3. The molecule has 100 valence electrons. The molecular formula is C11H16ClN3O2S. The highest BCUT2D eigenvalue weighted by Crippen LogP contribution is 2.22. The molecule has 1 aliphatic rings. The van der Waals surface area contributed by atoms with Crippen molar-refractivity contribution in [2.24, 2.45) is 0 Å². The van der Waals surface area contributed by atoms with Crippen LogP contribution in [0, 0.1) is 0 Å². The van der Waals surface area contributed by atoms with E-state index in [0.717, 1.165) is 6.42 Å². The molecule has 0 radical (unpaired) electrons. The Kier molecular flexibility index (Phi) is 3.91. The van der Waals surface area contributed by atoms with Crippen LogP contribution < -0.4 is 0 Å². The van der Waals surface area contributed by atoms with Crippen molar-refractivity contribution in [2.75, 3.05) is 27.2 Å². The lowest BCUT2D eigenvalue weighted by Crippen LogP contribution is -2.34. The highest BCUT2D eigenvalue weighted by Gasteiger charge is 2.33. The first-order chi connectivity index (χ1) is 8.41. The molecular weight excluding hydrogens is 274 g/mol. The zero-order valence-corrected chi connectivity index (χ0v) is 11.9. The maximum absolute atomic E-state index is 12.3. The van der Waals surface area contributed by atoms with Crippen LogP contribution in [0.4, 0.5) is 0 Å². The molecule has 1 saturated heterocycles. The maximum atomic E-state index is 12.3. The number of likely N-dealkylation sites (N-methyl/N-ethyl adjacent to an activating group) is 1. The largest absolute Gasteiger partial charge is 0.305 e. The Morgan fingerprint density at radius 3 is 2.67 bits per heavy atom. The molecule has 1 atom stereocenters.